The molecule has 2 aromatic rings. The zero-order valence-corrected chi connectivity index (χ0v) is 45.1. The van der Waals surface area contributed by atoms with Crippen LogP contribution >= 0.6 is 21.6 Å². The summed E-state index contributed by atoms with van der Waals surface area (Å²) in [6.45, 7) is 6.24. The van der Waals surface area contributed by atoms with Gasteiger partial charge < -0.3 is 72.1 Å². The van der Waals surface area contributed by atoms with E-state index in [9.17, 15) is 57.5 Å². The number of benzene rings is 2. The van der Waals surface area contributed by atoms with Gasteiger partial charge in [-0.15, -0.1) is 0 Å². The van der Waals surface area contributed by atoms with Crippen molar-refractivity contribution in [2.75, 3.05) is 65.0 Å². The molecule has 0 unspecified atom stereocenters. The Balaban J connectivity index is 2.16. The third-order valence-electron chi connectivity index (χ3n) is 9.42. The SMILES string of the molecule is COC(=O)CNC(=O)[C@H](CSSC[C@H](NC(=O)CNC(=O)[C@H](Cc1ccccc1)NC(=O)CNC(=O)OC(C)(C)C)C(=O)NCC(=O)OC)NC(=O)CNC(=O)[C@H](Cc1ccccc1)NC(=O)CNC(=O)OC(C)(C)C. The average Bonchev–Trinajstić information content (AvgIpc) is 3.36. The molecule has 0 saturated carbocycles. The lowest BCUT2D eigenvalue weighted by atomic mass is 10.1. The van der Waals surface area contributed by atoms with E-state index in [0.29, 0.717) is 11.1 Å². The van der Waals surface area contributed by atoms with Crippen molar-refractivity contribution < 1.29 is 76.5 Å². The van der Waals surface area contributed by atoms with Crippen LogP contribution in [-0.2, 0) is 79.7 Å². The monoisotopic (exact) mass is 1100 g/mol. The van der Waals surface area contributed by atoms with E-state index in [-0.39, 0.29) is 24.3 Å². The first-order valence-corrected chi connectivity index (χ1v) is 25.9. The van der Waals surface area contributed by atoms with E-state index < -0.39 is 146 Å². The zero-order valence-electron chi connectivity index (χ0n) is 43.5. The lowest BCUT2D eigenvalue weighted by Crippen LogP contribution is -2.54. The number of esters is 2. The van der Waals surface area contributed by atoms with Gasteiger partial charge in [0.25, 0.3) is 0 Å². The fourth-order valence-corrected chi connectivity index (χ4v) is 8.25. The molecule has 28 heteroatoms. The molecule has 2 aromatic carbocycles. The van der Waals surface area contributed by atoms with E-state index >= 15 is 0 Å². The molecule has 0 radical (unpaired) electrons. The molecule has 0 aliphatic rings. The number of carbonyl (C=O) groups excluding carboxylic acids is 12. The number of rotatable bonds is 29. The second kappa shape index (κ2) is 33.3. The molecule has 0 aromatic heterocycles. The van der Waals surface area contributed by atoms with Gasteiger partial charge in [-0.2, -0.15) is 0 Å². The molecule has 0 aliphatic heterocycles. The summed E-state index contributed by atoms with van der Waals surface area (Å²) in [5.41, 5.74) is -0.365. The summed E-state index contributed by atoms with van der Waals surface area (Å²) in [5.74, 6) is -8.55. The Bertz CT molecular complexity index is 2160. The molecule has 0 heterocycles. The van der Waals surface area contributed by atoms with E-state index in [0.717, 1.165) is 35.8 Å². The van der Waals surface area contributed by atoms with Crippen LogP contribution in [0.3, 0.4) is 0 Å². The Hall–Kier alpha value is -7.62. The number of ether oxygens (including phenoxy) is 4. The van der Waals surface area contributed by atoms with Crippen LogP contribution in [0, 0.1) is 0 Å². The predicted octanol–water partition coefficient (Wildman–Crippen LogP) is -1.35. The second-order valence-electron chi connectivity index (χ2n) is 18.2. The first-order valence-electron chi connectivity index (χ1n) is 23.4. The lowest BCUT2D eigenvalue weighted by molar-refractivity contribution is -0.141. The van der Waals surface area contributed by atoms with Crippen molar-refractivity contribution in [3.8, 4) is 0 Å². The first kappa shape index (κ1) is 64.5. The van der Waals surface area contributed by atoms with Crippen LogP contribution in [0.15, 0.2) is 60.7 Å². The van der Waals surface area contributed by atoms with Crippen LogP contribution in [0.5, 0.6) is 0 Å². The lowest BCUT2D eigenvalue weighted by Gasteiger charge is -2.22. The minimum atomic E-state index is -1.38. The summed E-state index contributed by atoms with van der Waals surface area (Å²) in [7, 11) is 4.07. The van der Waals surface area contributed by atoms with Crippen molar-refractivity contribution in [3.05, 3.63) is 71.8 Å². The van der Waals surface area contributed by atoms with Crippen LogP contribution in [0.1, 0.15) is 52.7 Å². The third kappa shape index (κ3) is 28.7. The highest BCUT2D eigenvalue weighted by molar-refractivity contribution is 8.76. The normalized spacial score (nSPS) is 12.5. The molecule has 2 rings (SSSR count). The fraction of sp³-hybridized carbons (Fsp3) is 0.500. The standard InChI is InChI=1S/C48H68N10O16S2/c1-47(2,3)73-45(69)53-23-37(61)55-31(19-29-15-11-9-12-16-29)41(65)49-21-35(59)57-33(43(67)51-25-39(63)71-7)27-75-76-28-34(44(68)52-26-40(64)72-8)58-36(60)22-50-42(66)32(20-30-17-13-10-14-18-30)56-38(62)24-54-46(70)74-48(4,5)6/h9-18,31-34H,19-28H2,1-8H3,(H,49,65)(H,50,66)(H,51,67)(H,52,68)(H,53,69)(H,54,70)(H,55,61)(H,56,62)(H,57,59)(H,58,60)/t31-,32-,33-,34-/m0/s1. The fourth-order valence-electron chi connectivity index (χ4n) is 5.92. The molecule has 10 amide bonds. The molecular weight excluding hydrogens is 1040 g/mol. The quantitative estimate of drug-likeness (QED) is 0.0195. The molecule has 0 aliphatic carbocycles. The number of alkyl carbamates (subject to hydrolysis) is 2. The maximum absolute atomic E-state index is 13.4. The smallest absolute Gasteiger partial charge is 0.408 e. The summed E-state index contributed by atoms with van der Waals surface area (Å²) < 4.78 is 19.4. The van der Waals surface area contributed by atoms with E-state index in [1.54, 1.807) is 102 Å². The van der Waals surface area contributed by atoms with Gasteiger partial charge >= 0.3 is 24.1 Å². The van der Waals surface area contributed by atoms with Crippen molar-refractivity contribution in [1.29, 1.82) is 0 Å². The Morgan fingerprint density at radius 3 is 0.987 bits per heavy atom. The van der Waals surface area contributed by atoms with E-state index in [4.69, 9.17) is 9.47 Å². The summed E-state index contributed by atoms with van der Waals surface area (Å²) in [5, 5.41) is 24.1. The maximum atomic E-state index is 13.4. The van der Waals surface area contributed by atoms with Crippen LogP contribution in [0.25, 0.3) is 0 Å². The number of carbonyl (C=O) groups is 12. The molecule has 26 nitrogen and oxygen atoms in total. The van der Waals surface area contributed by atoms with E-state index in [2.05, 4.69) is 62.6 Å². The maximum Gasteiger partial charge on any atom is 0.408 e. The van der Waals surface area contributed by atoms with Gasteiger partial charge in [-0.05, 0) is 52.7 Å². The summed E-state index contributed by atoms with van der Waals surface area (Å²) >= 11 is 0. The number of amides is 10. The Morgan fingerprint density at radius 2 is 0.684 bits per heavy atom. The summed E-state index contributed by atoms with van der Waals surface area (Å²) in [6.07, 6.45) is -1.75. The largest absolute Gasteiger partial charge is 0.468 e. The topological polar surface area (TPSA) is 362 Å². The number of hydrogen-bond donors (Lipinski definition) is 10. The second-order valence-corrected chi connectivity index (χ2v) is 20.7. The molecular formula is C48H68N10O16S2. The van der Waals surface area contributed by atoms with Crippen molar-refractivity contribution in [3.63, 3.8) is 0 Å². The molecule has 0 spiro atoms. The third-order valence-corrected chi connectivity index (χ3v) is 11.8. The summed E-state index contributed by atoms with van der Waals surface area (Å²) in [6, 6.07) is 12.0. The van der Waals surface area contributed by atoms with Gasteiger partial charge in [0, 0.05) is 24.3 Å². The number of methoxy groups -OCH3 is 2. The summed E-state index contributed by atoms with van der Waals surface area (Å²) in [4.78, 5) is 154. The van der Waals surface area contributed by atoms with Crippen molar-refractivity contribution >= 4 is 93.0 Å². The minimum absolute atomic E-state index is 0.0113. The van der Waals surface area contributed by atoms with Gasteiger partial charge in [-0.25, -0.2) is 9.59 Å². The predicted molar refractivity (Wildman–Crippen MR) is 277 cm³/mol. The highest BCUT2D eigenvalue weighted by atomic mass is 33.1. The van der Waals surface area contributed by atoms with Crippen LogP contribution in [-0.4, -0.2) is 172 Å². The minimum Gasteiger partial charge on any atom is -0.468 e. The number of nitrogens with one attached hydrogen (secondary N) is 10. The first-order chi connectivity index (χ1) is 35.8. The van der Waals surface area contributed by atoms with Gasteiger partial charge in [-0.1, -0.05) is 82.3 Å². The average molecular weight is 1110 g/mol. The molecule has 4 atom stereocenters. The van der Waals surface area contributed by atoms with Gasteiger partial charge in [0.05, 0.1) is 27.3 Å². The Labute approximate surface area is 447 Å². The van der Waals surface area contributed by atoms with E-state index in [1.807, 2.05) is 0 Å². The number of hydrogen-bond acceptors (Lipinski definition) is 18. The van der Waals surface area contributed by atoms with Gasteiger partial charge in [-0.3, -0.25) is 47.9 Å². The molecule has 76 heavy (non-hydrogen) atoms. The van der Waals surface area contributed by atoms with Gasteiger partial charge in [0.15, 0.2) is 0 Å². The molecule has 418 valence electrons. The highest BCUT2D eigenvalue weighted by Gasteiger charge is 2.29. The van der Waals surface area contributed by atoms with Crippen LogP contribution < -0.4 is 53.2 Å². The Kier molecular flexibility index (Phi) is 28.3. The van der Waals surface area contributed by atoms with E-state index in [1.165, 1.54) is 0 Å². The van der Waals surface area contributed by atoms with Crippen LogP contribution in [0.4, 0.5) is 9.59 Å². The van der Waals surface area contributed by atoms with Crippen LogP contribution in [0.2, 0.25) is 0 Å². The molecule has 0 bridgehead atoms. The van der Waals surface area contributed by atoms with Crippen molar-refractivity contribution in [1.82, 2.24) is 53.2 Å². The zero-order chi connectivity index (χ0) is 56.8. The molecule has 0 saturated heterocycles. The van der Waals surface area contributed by atoms with Gasteiger partial charge in [0.2, 0.25) is 47.3 Å². The van der Waals surface area contributed by atoms with Gasteiger partial charge in [0.1, 0.15) is 61.5 Å². The Morgan fingerprint density at radius 1 is 0.408 bits per heavy atom. The molecule has 0 fully saturated rings. The highest BCUT2D eigenvalue weighted by Crippen LogP contribution is 2.23. The molecule has 10 N–H and O–H groups in total. The van der Waals surface area contributed by atoms with Crippen molar-refractivity contribution in [2.45, 2.75) is 89.8 Å². The van der Waals surface area contributed by atoms with Crippen molar-refractivity contribution in [2.24, 2.45) is 0 Å².